The van der Waals surface area contributed by atoms with Gasteiger partial charge >= 0.3 is 0 Å². The molecule has 0 heterocycles. The monoisotopic (exact) mass is 316 g/mol. The summed E-state index contributed by atoms with van der Waals surface area (Å²) in [4.78, 5) is 12.3. The summed E-state index contributed by atoms with van der Waals surface area (Å²) in [6.07, 6.45) is 0.778. The van der Waals surface area contributed by atoms with E-state index in [9.17, 15) is 9.90 Å². The quantitative estimate of drug-likeness (QED) is 0.794. The molecule has 0 aromatic heterocycles. The van der Waals surface area contributed by atoms with Crippen LogP contribution in [0.4, 0.5) is 0 Å². The Kier molecular flexibility index (Phi) is 5.46. The lowest BCUT2D eigenvalue weighted by Gasteiger charge is -2.10. The topological polar surface area (TPSA) is 65.0 Å². The Balaban J connectivity index is 2.10. The van der Waals surface area contributed by atoms with Crippen molar-refractivity contribution in [3.8, 4) is 23.0 Å². The van der Waals surface area contributed by atoms with E-state index in [1.54, 1.807) is 32.4 Å². The minimum atomic E-state index is -0.136. The third-order valence-corrected chi connectivity index (χ3v) is 3.62. The highest BCUT2D eigenvalue weighted by atomic mass is 16.5. The summed E-state index contributed by atoms with van der Waals surface area (Å²) >= 11 is 0. The van der Waals surface area contributed by atoms with Gasteiger partial charge in [-0.05, 0) is 30.2 Å². The number of Topliss-reactive ketones (excluding diaryl/α,β-unsaturated/α-hetero) is 1. The fourth-order valence-electron chi connectivity index (χ4n) is 2.32. The van der Waals surface area contributed by atoms with Crippen LogP contribution < -0.4 is 14.2 Å². The zero-order valence-electron chi connectivity index (χ0n) is 13.5. The molecule has 0 spiro atoms. The van der Waals surface area contributed by atoms with Gasteiger partial charge in [0.25, 0.3) is 0 Å². The van der Waals surface area contributed by atoms with E-state index in [1.807, 2.05) is 12.1 Å². The lowest BCUT2D eigenvalue weighted by atomic mass is 10.0. The van der Waals surface area contributed by atoms with E-state index in [1.165, 1.54) is 13.2 Å². The molecule has 0 aliphatic heterocycles. The summed E-state index contributed by atoms with van der Waals surface area (Å²) < 4.78 is 15.5. The number of phenolic OH excluding ortho intramolecular Hbond substituents is 1. The molecule has 0 aliphatic rings. The smallest absolute Gasteiger partial charge is 0.166 e. The summed E-state index contributed by atoms with van der Waals surface area (Å²) in [5.41, 5.74) is 1.20. The molecule has 5 heteroatoms. The van der Waals surface area contributed by atoms with Crippen molar-refractivity contribution >= 4 is 5.78 Å². The Bertz CT molecular complexity index is 694. The molecule has 0 bridgehead atoms. The van der Waals surface area contributed by atoms with Crippen molar-refractivity contribution in [2.45, 2.75) is 12.8 Å². The molecule has 2 aromatic carbocycles. The van der Waals surface area contributed by atoms with Crippen LogP contribution in [-0.4, -0.2) is 32.2 Å². The van der Waals surface area contributed by atoms with E-state index >= 15 is 0 Å². The maximum atomic E-state index is 12.3. The van der Waals surface area contributed by atoms with Crippen LogP contribution in [0, 0.1) is 0 Å². The van der Waals surface area contributed by atoms with Crippen LogP contribution in [0.25, 0.3) is 0 Å². The van der Waals surface area contributed by atoms with Gasteiger partial charge in [0, 0.05) is 18.6 Å². The summed E-state index contributed by atoms with van der Waals surface area (Å²) in [6.45, 7) is 0. The second-order valence-corrected chi connectivity index (χ2v) is 4.98. The summed E-state index contributed by atoms with van der Waals surface area (Å²) in [5.74, 6) is 1.68. The lowest BCUT2D eigenvalue weighted by Crippen LogP contribution is -2.03. The first-order chi connectivity index (χ1) is 11.1. The van der Waals surface area contributed by atoms with E-state index in [-0.39, 0.29) is 18.0 Å². The van der Waals surface area contributed by atoms with Gasteiger partial charge in [-0.15, -0.1) is 0 Å². The van der Waals surface area contributed by atoms with Crippen molar-refractivity contribution < 1.29 is 24.1 Å². The highest BCUT2D eigenvalue weighted by molar-refractivity contribution is 5.98. The van der Waals surface area contributed by atoms with Crippen molar-refractivity contribution in [1.82, 2.24) is 0 Å². The van der Waals surface area contributed by atoms with Crippen LogP contribution in [0.2, 0.25) is 0 Å². The van der Waals surface area contributed by atoms with E-state index < -0.39 is 0 Å². The number of methoxy groups -OCH3 is 3. The maximum absolute atomic E-state index is 12.3. The average Bonchev–Trinajstić information content (AvgIpc) is 2.59. The number of phenols is 1. The molecule has 0 aliphatic carbocycles. The Hall–Kier alpha value is -2.69. The predicted molar refractivity (Wildman–Crippen MR) is 86.9 cm³/mol. The van der Waals surface area contributed by atoms with Gasteiger partial charge in [0.05, 0.1) is 26.9 Å². The fraction of sp³-hybridized carbons (Fsp3) is 0.278. The molecule has 0 saturated carbocycles. The number of ether oxygens (including phenoxy) is 3. The molecule has 0 saturated heterocycles. The highest BCUT2D eigenvalue weighted by Gasteiger charge is 2.14. The van der Waals surface area contributed by atoms with Gasteiger partial charge in [0.2, 0.25) is 0 Å². The van der Waals surface area contributed by atoms with Crippen LogP contribution in [0.3, 0.4) is 0 Å². The minimum Gasteiger partial charge on any atom is -0.507 e. The SMILES string of the molecule is COc1ccc(C(=O)CCc2ccc(OC)cc2OC)c(O)c1. The Morgan fingerprint density at radius 1 is 0.957 bits per heavy atom. The highest BCUT2D eigenvalue weighted by Crippen LogP contribution is 2.28. The van der Waals surface area contributed by atoms with Gasteiger partial charge in [-0.1, -0.05) is 6.07 Å². The Morgan fingerprint density at radius 2 is 1.61 bits per heavy atom. The number of aryl methyl sites for hydroxylation is 1. The lowest BCUT2D eigenvalue weighted by molar-refractivity contribution is 0.0980. The molecule has 0 atom stereocenters. The van der Waals surface area contributed by atoms with E-state index in [4.69, 9.17) is 14.2 Å². The van der Waals surface area contributed by atoms with Gasteiger partial charge in [0.15, 0.2) is 5.78 Å². The van der Waals surface area contributed by atoms with Crippen molar-refractivity contribution in [2.24, 2.45) is 0 Å². The third-order valence-electron chi connectivity index (χ3n) is 3.62. The zero-order chi connectivity index (χ0) is 16.8. The number of carbonyl (C=O) groups is 1. The van der Waals surface area contributed by atoms with Crippen LogP contribution >= 0.6 is 0 Å². The third kappa shape index (κ3) is 3.94. The zero-order valence-corrected chi connectivity index (χ0v) is 13.5. The van der Waals surface area contributed by atoms with Gasteiger partial charge in [-0.25, -0.2) is 0 Å². The molecule has 0 radical (unpaired) electrons. The van der Waals surface area contributed by atoms with E-state index in [0.29, 0.717) is 29.2 Å². The molecule has 0 unspecified atom stereocenters. The second-order valence-electron chi connectivity index (χ2n) is 4.98. The van der Waals surface area contributed by atoms with Gasteiger partial charge in [0.1, 0.15) is 23.0 Å². The van der Waals surface area contributed by atoms with Crippen molar-refractivity contribution in [3.05, 3.63) is 47.5 Å². The summed E-state index contributed by atoms with van der Waals surface area (Å²) in [7, 11) is 4.67. The molecule has 23 heavy (non-hydrogen) atoms. The summed E-state index contributed by atoms with van der Waals surface area (Å²) in [5, 5.41) is 9.92. The van der Waals surface area contributed by atoms with Crippen LogP contribution in [0.1, 0.15) is 22.3 Å². The fourth-order valence-corrected chi connectivity index (χ4v) is 2.32. The standard InChI is InChI=1S/C18H20O5/c1-21-13-7-8-15(17(20)10-13)16(19)9-5-12-4-6-14(22-2)11-18(12)23-3/h4,6-8,10-11,20H,5,9H2,1-3H3. The molecular formula is C18H20O5. The average molecular weight is 316 g/mol. The predicted octanol–water partition coefficient (Wildman–Crippen LogP) is 3.23. The molecule has 2 aromatic rings. The number of hydrogen-bond donors (Lipinski definition) is 1. The van der Waals surface area contributed by atoms with Gasteiger partial charge in [-0.2, -0.15) is 0 Å². The number of hydrogen-bond acceptors (Lipinski definition) is 5. The van der Waals surface area contributed by atoms with Crippen LogP contribution in [0.5, 0.6) is 23.0 Å². The first-order valence-electron chi connectivity index (χ1n) is 7.20. The second kappa shape index (κ2) is 7.54. The minimum absolute atomic E-state index is 0.0731. The largest absolute Gasteiger partial charge is 0.507 e. The molecular weight excluding hydrogens is 296 g/mol. The molecule has 122 valence electrons. The molecule has 0 fully saturated rings. The van der Waals surface area contributed by atoms with Crippen LogP contribution in [0.15, 0.2) is 36.4 Å². The van der Waals surface area contributed by atoms with Gasteiger partial charge < -0.3 is 19.3 Å². The number of rotatable bonds is 7. The van der Waals surface area contributed by atoms with Gasteiger partial charge in [-0.3, -0.25) is 4.79 Å². The molecule has 1 N–H and O–H groups in total. The number of carbonyl (C=O) groups excluding carboxylic acids is 1. The first kappa shape index (κ1) is 16.7. The van der Waals surface area contributed by atoms with E-state index in [2.05, 4.69) is 0 Å². The Morgan fingerprint density at radius 3 is 2.22 bits per heavy atom. The van der Waals surface area contributed by atoms with Crippen LogP contribution in [-0.2, 0) is 6.42 Å². The first-order valence-corrected chi connectivity index (χ1v) is 7.20. The number of ketones is 1. The summed E-state index contributed by atoms with van der Waals surface area (Å²) in [6, 6.07) is 10.1. The maximum Gasteiger partial charge on any atom is 0.166 e. The van der Waals surface area contributed by atoms with E-state index in [0.717, 1.165) is 5.56 Å². The van der Waals surface area contributed by atoms with Crippen molar-refractivity contribution in [2.75, 3.05) is 21.3 Å². The molecule has 5 nitrogen and oxygen atoms in total. The number of aromatic hydroxyl groups is 1. The molecule has 2 rings (SSSR count). The number of benzene rings is 2. The molecule has 0 amide bonds. The van der Waals surface area contributed by atoms with Crippen molar-refractivity contribution in [1.29, 1.82) is 0 Å². The van der Waals surface area contributed by atoms with Crippen molar-refractivity contribution in [3.63, 3.8) is 0 Å². The Labute approximate surface area is 135 Å². The normalized spacial score (nSPS) is 10.2.